The van der Waals surface area contributed by atoms with E-state index in [2.05, 4.69) is 0 Å². The number of fused-ring (bicyclic) bond motifs is 1. The van der Waals surface area contributed by atoms with E-state index < -0.39 is 34.7 Å². The van der Waals surface area contributed by atoms with Crippen LogP contribution in [0.15, 0.2) is 108 Å². The summed E-state index contributed by atoms with van der Waals surface area (Å²) in [5.74, 6) is -0.476. The highest BCUT2D eigenvalue weighted by atomic mass is 35.5. The Hall–Kier alpha value is -3.49. The van der Waals surface area contributed by atoms with E-state index in [0.29, 0.717) is 10.6 Å². The van der Waals surface area contributed by atoms with E-state index in [-0.39, 0.29) is 4.90 Å². The van der Waals surface area contributed by atoms with Crippen LogP contribution in [0, 0.1) is 12.7 Å². The topological polar surface area (TPSA) is 68.5 Å². The fraction of sp³-hybridized carbons (Fsp3) is 0.133. The minimum Gasteiger partial charge on any atom is -0.388 e. The molecule has 0 aliphatic heterocycles. The van der Waals surface area contributed by atoms with Gasteiger partial charge in [0.05, 0.1) is 17.5 Å². The number of rotatable bonds is 8. The van der Waals surface area contributed by atoms with E-state index in [1.807, 2.05) is 60.2 Å². The van der Waals surface area contributed by atoms with Gasteiger partial charge < -0.3 is 9.67 Å². The molecule has 0 amide bonds. The normalized spacial score (nSPS) is 13.5. The lowest BCUT2D eigenvalue weighted by Gasteiger charge is -2.26. The van der Waals surface area contributed by atoms with E-state index in [1.165, 1.54) is 24.3 Å². The number of aryl methyl sites for hydroxylation is 1. The first-order valence-electron chi connectivity index (χ1n) is 12.0. The quantitative estimate of drug-likeness (QED) is 0.217. The van der Waals surface area contributed by atoms with Crippen LogP contribution in [0.5, 0.6) is 0 Å². The molecule has 0 bridgehead atoms. The van der Waals surface area contributed by atoms with Crippen molar-refractivity contribution < 1.29 is 22.1 Å². The number of benzene rings is 4. The van der Waals surface area contributed by atoms with Crippen LogP contribution in [0.2, 0.25) is 5.02 Å². The van der Waals surface area contributed by atoms with Crippen molar-refractivity contribution in [3.63, 3.8) is 0 Å². The molecule has 1 N–H and O–H groups in total. The summed E-state index contributed by atoms with van der Waals surface area (Å²) in [5.41, 5.74) is 3.75. The molecule has 2 atom stereocenters. The maximum Gasteiger partial charge on any atom is 0.297 e. The summed E-state index contributed by atoms with van der Waals surface area (Å²) in [5, 5.41) is 12.8. The molecule has 1 aromatic heterocycles. The van der Waals surface area contributed by atoms with Crippen molar-refractivity contribution in [3.05, 3.63) is 125 Å². The number of hydrogen-bond acceptors (Lipinski definition) is 4. The molecule has 0 saturated heterocycles. The van der Waals surface area contributed by atoms with Gasteiger partial charge in [0.1, 0.15) is 11.9 Å². The molecule has 194 valence electrons. The van der Waals surface area contributed by atoms with Gasteiger partial charge in [0.15, 0.2) is 0 Å². The standard InChI is InChI=1S/C30H25ClFNO4S/c1-20-13-15-23(16-14-20)38(35,36)37-19-29(34)30(21-7-6-8-22(32)17-21)33-18-26(24-9-2-4-11-27(24)31)25-10-3-5-12-28(25)33/h2-18,29-30,34H,19H2,1H3. The Labute approximate surface area is 225 Å². The summed E-state index contributed by atoms with van der Waals surface area (Å²) >= 11 is 6.52. The second-order valence-corrected chi connectivity index (χ2v) is 11.1. The SMILES string of the molecule is Cc1ccc(S(=O)(=O)OCC(O)C(c2cccc(F)c2)n2cc(-c3ccccc3Cl)c3ccccc32)cc1. The molecule has 1 heterocycles. The molecule has 0 radical (unpaired) electrons. The monoisotopic (exact) mass is 549 g/mol. The third kappa shape index (κ3) is 5.24. The minimum absolute atomic E-state index is 0.00924. The molecule has 0 spiro atoms. The van der Waals surface area contributed by atoms with Gasteiger partial charge >= 0.3 is 0 Å². The lowest BCUT2D eigenvalue weighted by Crippen LogP contribution is -2.30. The number of halogens is 2. The van der Waals surface area contributed by atoms with Gasteiger partial charge in [0, 0.05) is 33.2 Å². The van der Waals surface area contributed by atoms with Crippen LogP contribution in [0.4, 0.5) is 4.39 Å². The predicted octanol–water partition coefficient (Wildman–Crippen LogP) is 6.77. The van der Waals surface area contributed by atoms with Crippen molar-refractivity contribution in [1.29, 1.82) is 0 Å². The Morgan fingerprint density at radius 3 is 2.37 bits per heavy atom. The Bertz CT molecular complexity index is 1700. The molecular formula is C30H25ClFNO4S. The van der Waals surface area contributed by atoms with E-state index in [0.717, 1.165) is 27.6 Å². The second-order valence-electron chi connectivity index (χ2n) is 9.07. The molecule has 0 saturated carbocycles. The Kier molecular flexibility index (Phi) is 7.36. The highest BCUT2D eigenvalue weighted by Crippen LogP contribution is 2.38. The molecular weight excluding hydrogens is 525 g/mol. The van der Waals surface area contributed by atoms with Crippen LogP contribution in [-0.2, 0) is 14.3 Å². The second kappa shape index (κ2) is 10.7. The van der Waals surface area contributed by atoms with E-state index >= 15 is 0 Å². The van der Waals surface area contributed by atoms with Crippen molar-refractivity contribution in [1.82, 2.24) is 4.57 Å². The van der Waals surface area contributed by atoms with Gasteiger partial charge in [-0.25, -0.2) is 4.39 Å². The zero-order valence-corrected chi connectivity index (χ0v) is 22.0. The molecule has 0 aliphatic carbocycles. The maximum atomic E-state index is 14.3. The summed E-state index contributed by atoms with van der Waals surface area (Å²) < 4.78 is 47.1. The largest absolute Gasteiger partial charge is 0.388 e. The summed E-state index contributed by atoms with van der Waals surface area (Å²) in [6.45, 7) is 1.31. The van der Waals surface area contributed by atoms with Crippen LogP contribution >= 0.6 is 11.6 Å². The summed E-state index contributed by atoms with van der Waals surface area (Å²) in [7, 11) is -4.12. The van der Waals surface area contributed by atoms with Crippen molar-refractivity contribution in [2.75, 3.05) is 6.61 Å². The summed E-state index contributed by atoms with van der Waals surface area (Å²) in [6.07, 6.45) is 0.506. The average molecular weight is 550 g/mol. The number of para-hydroxylation sites is 1. The number of aliphatic hydroxyl groups excluding tert-OH is 1. The van der Waals surface area contributed by atoms with Crippen LogP contribution < -0.4 is 0 Å². The van der Waals surface area contributed by atoms with Crippen LogP contribution in [0.1, 0.15) is 17.2 Å². The van der Waals surface area contributed by atoms with E-state index in [4.69, 9.17) is 15.8 Å². The lowest BCUT2D eigenvalue weighted by atomic mass is 10.0. The third-order valence-corrected chi connectivity index (χ3v) is 8.09. The van der Waals surface area contributed by atoms with Gasteiger partial charge in [0.2, 0.25) is 0 Å². The number of hydrogen-bond donors (Lipinski definition) is 1. The van der Waals surface area contributed by atoms with Gasteiger partial charge in [-0.1, -0.05) is 77.8 Å². The molecule has 38 heavy (non-hydrogen) atoms. The van der Waals surface area contributed by atoms with Gasteiger partial charge in [0.25, 0.3) is 10.1 Å². The van der Waals surface area contributed by atoms with Crippen molar-refractivity contribution in [2.45, 2.75) is 24.0 Å². The average Bonchev–Trinajstić information content (AvgIpc) is 3.27. The third-order valence-electron chi connectivity index (χ3n) is 6.46. The van der Waals surface area contributed by atoms with Crippen molar-refractivity contribution >= 4 is 32.6 Å². The van der Waals surface area contributed by atoms with Crippen LogP contribution in [-0.4, -0.2) is 30.8 Å². The molecule has 5 aromatic rings. The fourth-order valence-corrected chi connectivity index (χ4v) is 5.77. The van der Waals surface area contributed by atoms with E-state index in [1.54, 1.807) is 30.3 Å². The van der Waals surface area contributed by atoms with Crippen LogP contribution in [0.25, 0.3) is 22.0 Å². The maximum absolute atomic E-state index is 14.3. The molecule has 5 nitrogen and oxygen atoms in total. The number of aliphatic hydroxyl groups is 1. The molecule has 4 aromatic carbocycles. The highest BCUT2D eigenvalue weighted by molar-refractivity contribution is 7.86. The van der Waals surface area contributed by atoms with Gasteiger partial charge in [-0.3, -0.25) is 4.18 Å². The van der Waals surface area contributed by atoms with Crippen LogP contribution in [0.3, 0.4) is 0 Å². The molecule has 2 unspecified atom stereocenters. The predicted molar refractivity (Wildman–Crippen MR) is 147 cm³/mol. The first-order chi connectivity index (χ1) is 18.2. The van der Waals surface area contributed by atoms with Gasteiger partial charge in [-0.15, -0.1) is 0 Å². The number of aromatic nitrogens is 1. The summed E-state index contributed by atoms with van der Waals surface area (Å²) in [4.78, 5) is -0.00924. The first-order valence-corrected chi connectivity index (χ1v) is 13.8. The molecule has 8 heteroatoms. The lowest BCUT2D eigenvalue weighted by molar-refractivity contribution is 0.0784. The van der Waals surface area contributed by atoms with E-state index in [9.17, 15) is 17.9 Å². The van der Waals surface area contributed by atoms with Crippen molar-refractivity contribution in [3.8, 4) is 11.1 Å². The number of nitrogens with zero attached hydrogens (tertiary/aromatic N) is 1. The van der Waals surface area contributed by atoms with Crippen molar-refractivity contribution in [2.24, 2.45) is 0 Å². The zero-order chi connectivity index (χ0) is 26.9. The summed E-state index contributed by atoms with van der Waals surface area (Å²) in [6, 6.07) is 26.3. The Balaban J connectivity index is 1.58. The first kappa shape index (κ1) is 26.1. The zero-order valence-electron chi connectivity index (χ0n) is 20.5. The highest BCUT2D eigenvalue weighted by Gasteiger charge is 2.29. The Morgan fingerprint density at radius 1 is 0.921 bits per heavy atom. The van der Waals surface area contributed by atoms with Gasteiger partial charge in [-0.05, 0) is 48.9 Å². The molecule has 5 rings (SSSR count). The smallest absolute Gasteiger partial charge is 0.297 e. The minimum atomic E-state index is -4.12. The molecule has 0 aliphatic rings. The van der Waals surface area contributed by atoms with Gasteiger partial charge in [-0.2, -0.15) is 8.42 Å². The molecule has 0 fully saturated rings. The fourth-order valence-electron chi connectivity index (χ4n) is 4.61. The Morgan fingerprint density at radius 2 is 1.63 bits per heavy atom.